The summed E-state index contributed by atoms with van der Waals surface area (Å²) in [5.74, 6) is -0.453. The standard InChI is InChI=1S/C13H19BrO3/c1-5-11(7-6-8-14)12(15)17-9-13(4,16)10(2)3/h5-7,16H,2,8-9H2,1,3-4H3/b7-6-,11-5+. The molecule has 4 heteroatoms. The normalized spacial score (nSPS) is 15.7. The minimum absolute atomic E-state index is 0.0966. The number of alkyl halides is 1. The second kappa shape index (κ2) is 7.45. The highest BCUT2D eigenvalue weighted by atomic mass is 79.9. The Balaban J connectivity index is 4.46. The molecule has 0 saturated carbocycles. The lowest BCUT2D eigenvalue weighted by atomic mass is 10.0. The quantitative estimate of drug-likeness (QED) is 0.270. The fourth-order valence-electron chi connectivity index (χ4n) is 0.866. The first-order valence-corrected chi connectivity index (χ1v) is 6.41. The second-order valence-corrected chi connectivity index (χ2v) is 4.58. The van der Waals surface area contributed by atoms with Gasteiger partial charge < -0.3 is 9.84 Å². The van der Waals surface area contributed by atoms with E-state index in [1.54, 1.807) is 39.0 Å². The summed E-state index contributed by atoms with van der Waals surface area (Å²) in [6, 6.07) is 0. The van der Waals surface area contributed by atoms with E-state index in [4.69, 9.17) is 4.74 Å². The first kappa shape index (κ1) is 16.1. The number of hydrogen-bond donors (Lipinski definition) is 1. The predicted molar refractivity (Wildman–Crippen MR) is 73.1 cm³/mol. The average molecular weight is 303 g/mol. The van der Waals surface area contributed by atoms with Crippen LogP contribution in [0.5, 0.6) is 0 Å². The monoisotopic (exact) mass is 302 g/mol. The molecule has 1 N–H and O–H groups in total. The van der Waals surface area contributed by atoms with E-state index in [9.17, 15) is 9.90 Å². The number of aliphatic hydroxyl groups is 1. The summed E-state index contributed by atoms with van der Waals surface area (Å²) < 4.78 is 5.03. The van der Waals surface area contributed by atoms with Gasteiger partial charge in [0.15, 0.2) is 0 Å². The Labute approximate surface area is 111 Å². The van der Waals surface area contributed by atoms with E-state index in [0.717, 1.165) is 0 Å². The lowest BCUT2D eigenvalue weighted by Gasteiger charge is -2.23. The molecule has 0 aliphatic rings. The minimum atomic E-state index is -1.19. The summed E-state index contributed by atoms with van der Waals surface area (Å²) in [6.45, 7) is 8.55. The van der Waals surface area contributed by atoms with E-state index in [1.807, 2.05) is 0 Å². The highest BCUT2D eigenvalue weighted by Crippen LogP contribution is 2.15. The van der Waals surface area contributed by atoms with Gasteiger partial charge in [-0.05, 0) is 26.3 Å². The third-order valence-electron chi connectivity index (χ3n) is 2.34. The Kier molecular flexibility index (Phi) is 7.07. The molecule has 96 valence electrons. The van der Waals surface area contributed by atoms with Gasteiger partial charge in [-0.15, -0.1) is 0 Å². The smallest absolute Gasteiger partial charge is 0.337 e. The van der Waals surface area contributed by atoms with Crippen LogP contribution >= 0.6 is 15.9 Å². The molecule has 0 saturated heterocycles. The number of carbonyl (C=O) groups is 1. The molecule has 0 aromatic rings. The summed E-state index contributed by atoms with van der Waals surface area (Å²) in [7, 11) is 0. The van der Waals surface area contributed by atoms with Crippen molar-refractivity contribution in [3.05, 3.63) is 36.0 Å². The van der Waals surface area contributed by atoms with Gasteiger partial charge in [0.05, 0.1) is 5.57 Å². The third-order valence-corrected chi connectivity index (χ3v) is 2.71. The molecule has 0 bridgehead atoms. The van der Waals surface area contributed by atoms with E-state index in [2.05, 4.69) is 22.5 Å². The average Bonchev–Trinajstić information content (AvgIpc) is 2.27. The molecular formula is C13H19BrO3. The molecule has 0 aromatic heterocycles. The predicted octanol–water partition coefficient (Wildman–Crippen LogP) is 2.75. The maximum atomic E-state index is 11.7. The molecular weight excluding hydrogens is 284 g/mol. The van der Waals surface area contributed by atoms with E-state index in [-0.39, 0.29) is 6.61 Å². The highest BCUT2D eigenvalue weighted by molar-refractivity contribution is 9.09. The number of allylic oxidation sites excluding steroid dienone is 2. The van der Waals surface area contributed by atoms with Gasteiger partial charge in [0.1, 0.15) is 12.2 Å². The molecule has 0 aliphatic heterocycles. The van der Waals surface area contributed by atoms with Crippen LogP contribution in [-0.2, 0) is 9.53 Å². The van der Waals surface area contributed by atoms with Crippen LogP contribution in [0.1, 0.15) is 20.8 Å². The zero-order valence-electron chi connectivity index (χ0n) is 10.5. The topological polar surface area (TPSA) is 46.5 Å². The van der Waals surface area contributed by atoms with Gasteiger partial charge in [-0.2, -0.15) is 0 Å². The van der Waals surface area contributed by atoms with Crippen LogP contribution in [-0.4, -0.2) is 28.6 Å². The van der Waals surface area contributed by atoms with Crippen molar-refractivity contribution in [1.82, 2.24) is 0 Å². The highest BCUT2D eigenvalue weighted by Gasteiger charge is 2.23. The zero-order chi connectivity index (χ0) is 13.5. The Bertz CT molecular complexity index is 341. The first-order valence-electron chi connectivity index (χ1n) is 5.29. The number of carbonyl (C=O) groups excluding carboxylic acids is 1. The van der Waals surface area contributed by atoms with Crippen molar-refractivity contribution < 1.29 is 14.6 Å². The van der Waals surface area contributed by atoms with Gasteiger partial charge >= 0.3 is 5.97 Å². The van der Waals surface area contributed by atoms with Crippen LogP contribution in [0.25, 0.3) is 0 Å². The van der Waals surface area contributed by atoms with E-state index >= 15 is 0 Å². The number of halogens is 1. The molecule has 0 heterocycles. The Morgan fingerprint density at radius 2 is 2.18 bits per heavy atom. The number of ether oxygens (including phenoxy) is 1. The fourth-order valence-corrected chi connectivity index (χ4v) is 1.05. The molecule has 17 heavy (non-hydrogen) atoms. The Morgan fingerprint density at radius 3 is 2.59 bits per heavy atom. The van der Waals surface area contributed by atoms with Crippen molar-refractivity contribution in [2.24, 2.45) is 0 Å². The molecule has 0 fully saturated rings. The number of esters is 1. The molecule has 1 atom stereocenters. The van der Waals surface area contributed by atoms with Gasteiger partial charge in [-0.3, -0.25) is 0 Å². The van der Waals surface area contributed by atoms with Crippen LogP contribution in [0.2, 0.25) is 0 Å². The van der Waals surface area contributed by atoms with Crippen LogP contribution in [0.3, 0.4) is 0 Å². The second-order valence-electron chi connectivity index (χ2n) is 3.93. The molecule has 3 nitrogen and oxygen atoms in total. The van der Waals surface area contributed by atoms with Crippen molar-refractivity contribution in [2.75, 3.05) is 11.9 Å². The van der Waals surface area contributed by atoms with Crippen LogP contribution in [0, 0.1) is 0 Å². The fraction of sp³-hybridized carbons (Fsp3) is 0.462. The lowest BCUT2D eigenvalue weighted by molar-refractivity contribution is -0.143. The lowest BCUT2D eigenvalue weighted by Crippen LogP contribution is -2.33. The van der Waals surface area contributed by atoms with Crippen LogP contribution in [0.4, 0.5) is 0 Å². The summed E-state index contributed by atoms with van der Waals surface area (Å²) >= 11 is 3.23. The maximum Gasteiger partial charge on any atom is 0.337 e. The van der Waals surface area contributed by atoms with Crippen molar-refractivity contribution in [3.63, 3.8) is 0 Å². The van der Waals surface area contributed by atoms with Gasteiger partial charge in [-0.1, -0.05) is 40.7 Å². The van der Waals surface area contributed by atoms with Gasteiger partial charge in [-0.25, -0.2) is 4.79 Å². The van der Waals surface area contributed by atoms with Gasteiger partial charge in [0.2, 0.25) is 0 Å². The largest absolute Gasteiger partial charge is 0.459 e. The summed E-state index contributed by atoms with van der Waals surface area (Å²) in [6.07, 6.45) is 5.14. The molecule has 0 rings (SSSR count). The molecule has 0 radical (unpaired) electrons. The van der Waals surface area contributed by atoms with Crippen LogP contribution in [0.15, 0.2) is 36.0 Å². The SMILES string of the molecule is C=C(C)C(C)(O)COC(=O)C(/C=C\CBr)=C/C. The molecule has 0 aliphatic carbocycles. The minimum Gasteiger partial charge on any atom is -0.459 e. The van der Waals surface area contributed by atoms with E-state index < -0.39 is 11.6 Å². The van der Waals surface area contributed by atoms with E-state index in [1.165, 1.54) is 0 Å². The first-order chi connectivity index (χ1) is 7.85. The zero-order valence-corrected chi connectivity index (χ0v) is 12.1. The summed E-state index contributed by atoms with van der Waals surface area (Å²) in [4.78, 5) is 11.7. The molecule has 0 amide bonds. The number of rotatable bonds is 6. The maximum absolute atomic E-state index is 11.7. The van der Waals surface area contributed by atoms with Gasteiger partial charge in [0, 0.05) is 5.33 Å². The van der Waals surface area contributed by atoms with E-state index in [0.29, 0.717) is 16.5 Å². The number of hydrogen-bond acceptors (Lipinski definition) is 3. The van der Waals surface area contributed by atoms with Crippen molar-refractivity contribution in [1.29, 1.82) is 0 Å². The van der Waals surface area contributed by atoms with Gasteiger partial charge in [0.25, 0.3) is 0 Å². The van der Waals surface area contributed by atoms with Crippen molar-refractivity contribution >= 4 is 21.9 Å². The molecule has 0 spiro atoms. The van der Waals surface area contributed by atoms with Crippen molar-refractivity contribution in [3.8, 4) is 0 Å². The van der Waals surface area contributed by atoms with Crippen molar-refractivity contribution in [2.45, 2.75) is 26.4 Å². The summed E-state index contributed by atoms with van der Waals surface area (Å²) in [5.41, 5.74) is -0.168. The molecule has 1 unspecified atom stereocenters. The van der Waals surface area contributed by atoms with Crippen LogP contribution < -0.4 is 0 Å². The Morgan fingerprint density at radius 1 is 1.59 bits per heavy atom. The third kappa shape index (κ3) is 5.84. The Hall–Kier alpha value is -0.870. The molecule has 0 aromatic carbocycles. The summed E-state index contributed by atoms with van der Waals surface area (Å²) in [5, 5.41) is 10.5.